The molecule has 112 valence electrons. The topological polar surface area (TPSA) is 52.7 Å². The zero-order chi connectivity index (χ0) is 14.1. The van der Waals surface area contributed by atoms with Crippen LogP contribution in [0.25, 0.3) is 0 Å². The molecule has 2 heterocycles. The number of carbonyl (C=O) groups excluding carboxylic acids is 2. The molecule has 5 heteroatoms. The predicted octanol–water partition coefficient (Wildman–Crippen LogP) is 0.598. The molecule has 3 fully saturated rings. The molecule has 1 aliphatic carbocycles. The molecule has 1 atom stereocenters. The number of carbonyl (C=O) groups is 2. The Hall–Kier alpha value is -1.10. The average Bonchev–Trinajstić information content (AvgIpc) is 3.06. The number of likely N-dealkylation sites (tertiary alicyclic amines) is 2. The van der Waals surface area contributed by atoms with Crippen LogP contribution in [0.2, 0.25) is 0 Å². The molecule has 0 aromatic heterocycles. The van der Waals surface area contributed by atoms with Crippen LogP contribution in [0.1, 0.15) is 38.5 Å². The van der Waals surface area contributed by atoms with E-state index in [0.717, 1.165) is 19.4 Å². The SMILES string of the molecule is CNC(=O)C1CN(C(=O)C2CCCN2C2CCCC2)C1. The van der Waals surface area contributed by atoms with Gasteiger partial charge in [-0.05, 0) is 32.2 Å². The van der Waals surface area contributed by atoms with Gasteiger partial charge in [0.1, 0.15) is 0 Å². The van der Waals surface area contributed by atoms with Gasteiger partial charge in [-0.25, -0.2) is 0 Å². The van der Waals surface area contributed by atoms with E-state index in [-0.39, 0.29) is 23.8 Å². The molecular weight excluding hydrogens is 254 g/mol. The van der Waals surface area contributed by atoms with Crippen molar-refractivity contribution in [1.82, 2.24) is 15.1 Å². The second-order valence-electron chi connectivity index (χ2n) is 6.39. The van der Waals surface area contributed by atoms with Crippen LogP contribution in [0.15, 0.2) is 0 Å². The summed E-state index contributed by atoms with van der Waals surface area (Å²) in [6.07, 6.45) is 7.26. The van der Waals surface area contributed by atoms with Crippen molar-refractivity contribution in [3.63, 3.8) is 0 Å². The fraction of sp³-hybridized carbons (Fsp3) is 0.867. The molecular formula is C15H25N3O2. The average molecular weight is 279 g/mol. The lowest BCUT2D eigenvalue weighted by Gasteiger charge is -2.41. The van der Waals surface area contributed by atoms with Crippen molar-refractivity contribution >= 4 is 11.8 Å². The lowest BCUT2D eigenvalue weighted by atomic mass is 9.97. The van der Waals surface area contributed by atoms with Gasteiger partial charge in [-0.15, -0.1) is 0 Å². The Kier molecular flexibility index (Phi) is 3.96. The molecule has 0 bridgehead atoms. The predicted molar refractivity (Wildman–Crippen MR) is 76.1 cm³/mol. The first-order valence-electron chi connectivity index (χ1n) is 7.97. The highest BCUT2D eigenvalue weighted by Crippen LogP contribution is 2.31. The van der Waals surface area contributed by atoms with Gasteiger partial charge in [0.05, 0.1) is 12.0 Å². The third-order valence-corrected chi connectivity index (χ3v) is 5.18. The van der Waals surface area contributed by atoms with E-state index in [1.54, 1.807) is 7.05 Å². The minimum atomic E-state index is 0.00489. The maximum atomic E-state index is 12.6. The Labute approximate surface area is 120 Å². The first-order chi connectivity index (χ1) is 9.70. The molecule has 2 amide bonds. The van der Waals surface area contributed by atoms with Crippen LogP contribution in [0, 0.1) is 5.92 Å². The molecule has 5 nitrogen and oxygen atoms in total. The number of amides is 2. The molecule has 2 saturated heterocycles. The number of hydrogen-bond donors (Lipinski definition) is 1. The summed E-state index contributed by atoms with van der Waals surface area (Å²) in [5.41, 5.74) is 0. The van der Waals surface area contributed by atoms with E-state index in [0.29, 0.717) is 19.1 Å². The Morgan fingerprint density at radius 2 is 1.75 bits per heavy atom. The van der Waals surface area contributed by atoms with E-state index in [9.17, 15) is 9.59 Å². The van der Waals surface area contributed by atoms with Gasteiger partial charge in [-0.2, -0.15) is 0 Å². The van der Waals surface area contributed by atoms with E-state index >= 15 is 0 Å². The fourth-order valence-electron chi connectivity index (χ4n) is 3.97. The maximum Gasteiger partial charge on any atom is 0.239 e. The van der Waals surface area contributed by atoms with Crippen LogP contribution in [0.4, 0.5) is 0 Å². The van der Waals surface area contributed by atoms with Gasteiger partial charge in [0.15, 0.2) is 0 Å². The normalized spacial score (nSPS) is 28.6. The van der Waals surface area contributed by atoms with Crippen LogP contribution >= 0.6 is 0 Å². The summed E-state index contributed by atoms with van der Waals surface area (Å²) >= 11 is 0. The van der Waals surface area contributed by atoms with Crippen molar-refractivity contribution in [2.45, 2.75) is 50.6 Å². The van der Waals surface area contributed by atoms with Gasteiger partial charge in [0.2, 0.25) is 11.8 Å². The molecule has 0 aromatic carbocycles. The summed E-state index contributed by atoms with van der Waals surface area (Å²) in [6, 6.07) is 0.714. The van der Waals surface area contributed by atoms with Crippen LogP contribution in [0.3, 0.4) is 0 Å². The van der Waals surface area contributed by atoms with Crippen molar-refractivity contribution in [3.05, 3.63) is 0 Å². The molecule has 0 spiro atoms. The summed E-state index contributed by atoms with van der Waals surface area (Å²) in [4.78, 5) is 28.4. The van der Waals surface area contributed by atoms with E-state index in [1.165, 1.54) is 25.7 Å². The lowest BCUT2D eigenvalue weighted by Crippen LogP contribution is -2.59. The summed E-state index contributed by atoms with van der Waals surface area (Å²) < 4.78 is 0. The fourth-order valence-corrected chi connectivity index (χ4v) is 3.97. The van der Waals surface area contributed by atoms with Crippen LogP contribution in [-0.4, -0.2) is 60.4 Å². The minimum absolute atomic E-state index is 0.00489. The molecule has 3 rings (SSSR count). The van der Waals surface area contributed by atoms with Crippen molar-refractivity contribution in [3.8, 4) is 0 Å². The maximum absolute atomic E-state index is 12.6. The van der Waals surface area contributed by atoms with E-state index in [1.807, 2.05) is 4.90 Å². The van der Waals surface area contributed by atoms with Crippen molar-refractivity contribution in [2.24, 2.45) is 5.92 Å². The van der Waals surface area contributed by atoms with Gasteiger partial charge < -0.3 is 10.2 Å². The molecule has 1 saturated carbocycles. The van der Waals surface area contributed by atoms with E-state index in [4.69, 9.17) is 0 Å². The number of hydrogen-bond acceptors (Lipinski definition) is 3. The number of rotatable bonds is 3. The van der Waals surface area contributed by atoms with Crippen molar-refractivity contribution in [1.29, 1.82) is 0 Å². The zero-order valence-electron chi connectivity index (χ0n) is 12.3. The smallest absolute Gasteiger partial charge is 0.239 e. The molecule has 3 aliphatic rings. The number of nitrogens with one attached hydrogen (secondary N) is 1. The highest BCUT2D eigenvalue weighted by molar-refractivity contribution is 5.87. The minimum Gasteiger partial charge on any atom is -0.359 e. The summed E-state index contributed by atoms with van der Waals surface area (Å²) in [5.74, 6) is 0.327. The highest BCUT2D eigenvalue weighted by Gasteiger charge is 2.42. The molecule has 2 aliphatic heterocycles. The molecule has 0 radical (unpaired) electrons. The van der Waals surface area contributed by atoms with Gasteiger partial charge in [0.25, 0.3) is 0 Å². The van der Waals surface area contributed by atoms with Gasteiger partial charge in [-0.3, -0.25) is 14.5 Å². The Bertz CT molecular complexity index is 387. The van der Waals surface area contributed by atoms with Gasteiger partial charge in [-0.1, -0.05) is 12.8 Å². The van der Waals surface area contributed by atoms with Crippen LogP contribution in [-0.2, 0) is 9.59 Å². The second-order valence-corrected chi connectivity index (χ2v) is 6.39. The van der Waals surface area contributed by atoms with Crippen LogP contribution < -0.4 is 5.32 Å². The first kappa shape index (κ1) is 13.9. The summed E-state index contributed by atoms with van der Waals surface area (Å²) in [7, 11) is 1.66. The summed E-state index contributed by atoms with van der Waals surface area (Å²) in [6.45, 7) is 2.29. The Balaban J connectivity index is 1.56. The lowest BCUT2D eigenvalue weighted by molar-refractivity contribution is -0.147. The van der Waals surface area contributed by atoms with Gasteiger partial charge >= 0.3 is 0 Å². The van der Waals surface area contributed by atoms with Crippen molar-refractivity contribution < 1.29 is 9.59 Å². The third kappa shape index (κ3) is 2.43. The Morgan fingerprint density at radius 3 is 2.40 bits per heavy atom. The first-order valence-corrected chi connectivity index (χ1v) is 7.97. The van der Waals surface area contributed by atoms with Gasteiger partial charge in [0, 0.05) is 26.2 Å². The van der Waals surface area contributed by atoms with Crippen molar-refractivity contribution in [2.75, 3.05) is 26.7 Å². The summed E-state index contributed by atoms with van der Waals surface area (Å²) in [5, 5.41) is 2.66. The Morgan fingerprint density at radius 1 is 1.05 bits per heavy atom. The molecule has 1 unspecified atom stereocenters. The molecule has 0 aromatic rings. The van der Waals surface area contributed by atoms with E-state index < -0.39 is 0 Å². The largest absolute Gasteiger partial charge is 0.359 e. The quantitative estimate of drug-likeness (QED) is 0.823. The number of nitrogens with zero attached hydrogens (tertiary/aromatic N) is 2. The van der Waals surface area contributed by atoms with Crippen LogP contribution in [0.5, 0.6) is 0 Å². The monoisotopic (exact) mass is 279 g/mol. The second kappa shape index (κ2) is 5.72. The standard InChI is InChI=1S/C15H25N3O2/c1-16-14(19)11-9-17(10-11)15(20)13-7-4-8-18(13)12-5-2-3-6-12/h11-13H,2-10H2,1H3,(H,16,19). The third-order valence-electron chi connectivity index (χ3n) is 5.18. The zero-order valence-corrected chi connectivity index (χ0v) is 12.3. The molecule has 20 heavy (non-hydrogen) atoms. The van der Waals surface area contributed by atoms with E-state index in [2.05, 4.69) is 10.2 Å². The molecule has 1 N–H and O–H groups in total. The highest BCUT2D eigenvalue weighted by atomic mass is 16.2.